The third-order valence-corrected chi connectivity index (χ3v) is 4.14. The summed E-state index contributed by atoms with van der Waals surface area (Å²) in [6.45, 7) is 4.64. The molecule has 0 N–H and O–H groups in total. The molecule has 0 aliphatic carbocycles. The quantitative estimate of drug-likeness (QED) is 0.659. The van der Waals surface area contributed by atoms with Crippen molar-refractivity contribution in [3.05, 3.63) is 65.4 Å². The first-order valence-corrected chi connectivity index (χ1v) is 8.04. The van der Waals surface area contributed by atoms with Gasteiger partial charge < -0.3 is 14.0 Å². The van der Waals surface area contributed by atoms with E-state index in [9.17, 15) is 4.79 Å². The number of nitrogens with zero attached hydrogens (tertiary/aromatic N) is 1. The maximum Gasteiger partial charge on any atom is 0.355 e. The van der Waals surface area contributed by atoms with Crippen molar-refractivity contribution in [3.63, 3.8) is 0 Å². The number of carbonyl (C=O) groups excluding carboxylic acids is 1. The summed E-state index contributed by atoms with van der Waals surface area (Å²) >= 11 is 0. The van der Waals surface area contributed by atoms with Crippen LogP contribution >= 0.6 is 0 Å². The van der Waals surface area contributed by atoms with E-state index in [1.54, 1.807) is 0 Å². The number of esters is 1. The molecule has 0 saturated heterocycles. The first-order chi connectivity index (χ1) is 11.6. The predicted octanol–water partition coefficient (Wildman–Crippen LogP) is 4.24. The molecule has 4 heteroatoms. The average molecular weight is 323 g/mol. The molecule has 0 aliphatic rings. The van der Waals surface area contributed by atoms with Crippen LogP contribution in [0.15, 0.2) is 48.5 Å². The van der Waals surface area contributed by atoms with Crippen LogP contribution in [0.25, 0.3) is 10.9 Å². The average Bonchev–Trinajstić information content (AvgIpc) is 2.85. The Bertz CT molecular complexity index is 865. The van der Waals surface area contributed by atoms with Crippen molar-refractivity contribution in [2.24, 2.45) is 7.05 Å². The topological polar surface area (TPSA) is 40.5 Å². The monoisotopic (exact) mass is 323 g/mol. The van der Waals surface area contributed by atoms with Crippen LogP contribution in [0.3, 0.4) is 0 Å². The standard InChI is InChI=1S/C20H21NO3/c1-4-23-20(22)19-14(2)17-11-10-16(12-18(17)21(19)3)24-13-15-8-6-5-7-9-15/h5-12H,4,13H2,1-3H3. The maximum atomic E-state index is 12.2. The van der Waals surface area contributed by atoms with E-state index in [2.05, 4.69) is 0 Å². The molecule has 2 aromatic carbocycles. The van der Waals surface area contributed by atoms with Crippen molar-refractivity contribution in [2.75, 3.05) is 6.61 Å². The Morgan fingerprint density at radius 1 is 1.12 bits per heavy atom. The molecule has 124 valence electrons. The number of hydrogen-bond acceptors (Lipinski definition) is 3. The molecule has 0 atom stereocenters. The van der Waals surface area contributed by atoms with Crippen molar-refractivity contribution >= 4 is 16.9 Å². The second kappa shape index (κ2) is 6.79. The highest BCUT2D eigenvalue weighted by atomic mass is 16.5. The molecule has 3 aromatic rings. The van der Waals surface area contributed by atoms with Gasteiger partial charge in [-0.1, -0.05) is 30.3 Å². The van der Waals surface area contributed by atoms with Crippen molar-refractivity contribution in [1.82, 2.24) is 4.57 Å². The molecular weight excluding hydrogens is 302 g/mol. The van der Waals surface area contributed by atoms with Crippen LogP contribution < -0.4 is 4.74 Å². The zero-order valence-electron chi connectivity index (χ0n) is 14.2. The van der Waals surface area contributed by atoms with Crippen LogP contribution in [-0.2, 0) is 18.4 Å². The Kier molecular flexibility index (Phi) is 4.56. The van der Waals surface area contributed by atoms with Crippen LogP contribution in [0.1, 0.15) is 28.5 Å². The van der Waals surface area contributed by atoms with Gasteiger partial charge in [0.05, 0.1) is 12.1 Å². The van der Waals surface area contributed by atoms with E-state index >= 15 is 0 Å². The van der Waals surface area contributed by atoms with Crippen LogP contribution in [0.5, 0.6) is 5.75 Å². The van der Waals surface area contributed by atoms with E-state index in [1.807, 2.05) is 74.0 Å². The lowest BCUT2D eigenvalue weighted by Crippen LogP contribution is -2.11. The lowest BCUT2D eigenvalue weighted by atomic mass is 10.1. The molecule has 4 nitrogen and oxygen atoms in total. The van der Waals surface area contributed by atoms with Crippen LogP contribution in [-0.4, -0.2) is 17.1 Å². The summed E-state index contributed by atoms with van der Waals surface area (Å²) in [5.41, 5.74) is 3.60. The number of ether oxygens (including phenoxy) is 2. The van der Waals surface area contributed by atoms with E-state index in [0.29, 0.717) is 18.9 Å². The molecule has 0 fully saturated rings. The van der Waals surface area contributed by atoms with Crippen LogP contribution in [0.2, 0.25) is 0 Å². The zero-order valence-corrected chi connectivity index (χ0v) is 14.2. The number of rotatable bonds is 5. The summed E-state index contributed by atoms with van der Waals surface area (Å²) in [6.07, 6.45) is 0. The number of benzene rings is 2. The van der Waals surface area contributed by atoms with Crippen LogP contribution in [0.4, 0.5) is 0 Å². The first-order valence-electron chi connectivity index (χ1n) is 8.04. The molecule has 0 unspecified atom stereocenters. The Hall–Kier alpha value is -2.75. The van der Waals surface area contributed by atoms with Gasteiger partial charge in [0, 0.05) is 18.5 Å². The van der Waals surface area contributed by atoms with Crippen LogP contribution in [0, 0.1) is 6.92 Å². The van der Waals surface area contributed by atoms with Gasteiger partial charge in [0.1, 0.15) is 18.1 Å². The summed E-state index contributed by atoms with van der Waals surface area (Å²) in [7, 11) is 1.88. The normalized spacial score (nSPS) is 10.8. The Labute approximate surface area is 141 Å². The molecule has 0 spiro atoms. The minimum atomic E-state index is -0.291. The highest BCUT2D eigenvalue weighted by Crippen LogP contribution is 2.29. The Morgan fingerprint density at radius 3 is 2.58 bits per heavy atom. The lowest BCUT2D eigenvalue weighted by Gasteiger charge is -2.07. The molecular formula is C20H21NO3. The highest BCUT2D eigenvalue weighted by molar-refractivity contribution is 5.99. The summed E-state index contributed by atoms with van der Waals surface area (Å²) in [6, 6.07) is 15.9. The molecule has 1 aromatic heterocycles. The van der Waals surface area contributed by atoms with Gasteiger partial charge in [0.2, 0.25) is 0 Å². The molecule has 1 heterocycles. The number of aromatic nitrogens is 1. The van der Waals surface area contributed by atoms with Gasteiger partial charge in [-0.25, -0.2) is 4.79 Å². The summed E-state index contributed by atoms with van der Waals surface area (Å²) in [4.78, 5) is 12.2. The van der Waals surface area contributed by atoms with Crippen molar-refractivity contribution in [1.29, 1.82) is 0 Å². The SMILES string of the molecule is CCOC(=O)c1c(C)c2ccc(OCc3ccccc3)cc2n1C. The minimum Gasteiger partial charge on any atom is -0.489 e. The van der Waals surface area contributed by atoms with E-state index in [1.165, 1.54) is 0 Å². The molecule has 0 saturated carbocycles. The predicted molar refractivity (Wildman–Crippen MR) is 94.4 cm³/mol. The van der Waals surface area contributed by atoms with Crippen molar-refractivity contribution < 1.29 is 14.3 Å². The number of hydrogen-bond donors (Lipinski definition) is 0. The fraction of sp³-hybridized carbons (Fsp3) is 0.250. The molecule has 24 heavy (non-hydrogen) atoms. The van der Waals surface area contributed by atoms with E-state index in [-0.39, 0.29) is 5.97 Å². The molecule has 3 rings (SSSR count). The first kappa shape index (κ1) is 16.1. The summed E-state index contributed by atoms with van der Waals surface area (Å²) < 4.78 is 12.9. The van der Waals surface area contributed by atoms with E-state index < -0.39 is 0 Å². The van der Waals surface area contributed by atoms with Crippen molar-refractivity contribution in [3.8, 4) is 5.75 Å². The molecule has 0 bridgehead atoms. The summed E-state index contributed by atoms with van der Waals surface area (Å²) in [5.74, 6) is 0.489. The highest BCUT2D eigenvalue weighted by Gasteiger charge is 2.19. The van der Waals surface area contributed by atoms with Gasteiger partial charge in [0.15, 0.2) is 0 Å². The van der Waals surface area contributed by atoms with Crippen molar-refractivity contribution in [2.45, 2.75) is 20.5 Å². The largest absolute Gasteiger partial charge is 0.489 e. The number of fused-ring (bicyclic) bond motifs is 1. The second-order valence-electron chi connectivity index (χ2n) is 5.71. The third kappa shape index (κ3) is 3.00. The number of aryl methyl sites for hydroxylation is 2. The Morgan fingerprint density at radius 2 is 1.88 bits per heavy atom. The van der Waals surface area contributed by atoms with E-state index in [4.69, 9.17) is 9.47 Å². The fourth-order valence-corrected chi connectivity index (χ4v) is 2.93. The molecule has 0 amide bonds. The smallest absolute Gasteiger partial charge is 0.355 e. The second-order valence-corrected chi connectivity index (χ2v) is 5.71. The van der Waals surface area contributed by atoms with Gasteiger partial charge in [-0.2, -0.15) is 0 Å². The fourth-order valence-electron chi connectivity index (χ4n) is 2.93. The van der Waals surface area contributed by atoms with Gasteiger partial charge >= 0.3 is 5.97 Å². The molecule has 0 radical (unpaired) electrons. The van der Waals surface area contributed by atoms with Gasteiger partial charge in [0.25, 0.3) is 0 Å². The zero-order chi connectivity index (χ0) is 17.1. The lowest BCUT2D eigenvalue weighted by molar-refractivity contribution is 0.0515. The maximum absolute atomic E-state index is 12.2. The van der Waals surface area contributed by atoms with Gasteiger partial charge in [-0.3, -0.25) is 0 Å². The molecule has 0 aliphatic heterocycles. The number of carbonyl (C=O) groups is 1. The third-order valence-electron chi connectivity index (χ3n) is 4.14. The Balaban J connectivity index is 1.90. The van der Waals surface area contributed by atoms with Gasteiger partial charge in [-0.15, -0.1) is 0 Å². The van der Waals surface area contributed by atoms with Gasteiger partial charge in [-0.05, 0) is 37.1 Å². The summed E-state index contributed by atoms with van der Waals surface area (Å²) in [5, 5.41) is 1.03. The van der Waals surface area contributed by atoms with E-state index in [0.717, 1.165) is 27.8 Å². The minimum absolute atomic E-state index is 0.291.